The number of thiophene rings is 1. The first kappa shape index (κ1) is 20.7. The van der Waals surface area contributed by atoms with Gasteiger partial charge in [-0.2, -0.15) is 5.10 Å². The van der Waals surface area contributed by atoms with Gasteiger partial charge in [-0.25, -0.2) is 14.6 Å². The normalized spacial score (nSPS) is 10.9. The number of benzene rings is 1. The highest BCUT2D eigenvalue weighted by Gasteiger charge is 2.15. The first-order valence-corrected chi connectivity index (χ1v) is 10.5. The molecule has 0 radical (unpaired) electrons. The van der Waals surface area contributed by atoms with E-state index in [4.69, 9.17) is 4.74 Å². The summed E-state index contributed by atoms with van der Waals surface area (Å²) in [7, 11) is 0. The molecule has 0 saturated carbocycles. The fraction of sp³-hybridized carbons (Fsp3) is 0.227. The van der Waals surface area contributed by atoms with Crippen LogP contribution >= 0.6 is 11.3 Å². The van der Waals surface area contributed by atoms with Crippen LogP contribution < -0.4 is 10.1 Å². The van der Waals surface area contributed by atoms with Crippen LogP contribution in [0.2, 0.25) is 0 Å². The fourth-order valence-electron chi connectivity index (χ4n) is 3.24. The number of aromatic nitrogens is 4. The number of nitrogens with one attached hydrogen (secondary N) is 1. The lowest BCUT2D eigenvalue weighted by atomic mass is 10.1. The van der Waals surface area contributed by atoms with E-state index in [9.17, 15) is 9.59 Å². The van der Waals surface area contributed by atoms with Crippen LogP contribution in [0, 0.1) is 13.8 Å². The van der Waals surface area contributed by atoms with Gasteiger partial charge in [0.15, 0.2) is 12.3 Å². The number of hydrogen-bond donors (Lipinski definition) is 1. The largest absolute Gasteiger partial charge is 0.469 e. The van der Waals surface area contributed by atoms with E-state index in [1.165, 1.54) is 24.6 Å². The van der Waals surface area contributed by atoms with E-state index >= 15 is 0 Å². The quantitative estimate of drug-likeness (QED) is 0.447. The van der Waals surface area contributed by atoms with Crippen LogP contribution in [0.15, 0.2) is 42.9 Å². The number of aryl methyl sites for hydroxylation is 2. The second-order valence-electron chi connectivity index (χ2n) is 7.21. The van der Waals surface area contributed by atoms with E-state index in [1.54, 1.807) is 16.9 Å². The van der Waals surface area contributed by atoms with Crippen molar-refractivity contribution in [2.45, 2.75) is 27.3 Å². The summed E-state index contributed by atoms with van der Waals surface area (Å²) in [6.07, 6.45) is 3.04. The van der Waals surface area contributed by atoms with E-state index in [0.29, 0.717) is 28.3 Å². The standard InChI is InChI=1S/C22H21N5O3S/c1-13-6-14(2)8-16(7-13)27-21-18(10-26-27)22(25-12-24-21)30-11-19(29)20-5-4-17(31-20)9-23-15(3)28/h4-8,10,12H,9,11H2,1-3H3,(H,23,28). The van der Waals surface area contributed by atoms with Crippen molar-refractivity contribution in [3.05, 3.63) is 63.7 Å². The SMILES string of the molecule is CC(=O)NCc1ccc(C(=O)COc2ncnc3c2cnn3-c2cc(C)cc(C)c2)s1. The van der Waals surface area contributed by atoms with Gasteiger partial charge in [0.2, 0.25) is 17.6 Å². The summed E-state index contributed by atoms with van der Waals surface area (Å²) in [4.78, 5) is 33.6. The topological polar surface area (TPSA) is 99.0 Å². The van der Waals surface area contributed by atoms with Crippen molar-refractivity contribution >= 4 is 34.1 Å². The van der Waals surface area contributed by atoms with E-state index in [0.717, 1.165) is 21.7 Å². The van der Waals surface area contributed by atoms with Crippen molar-refractivity contribution in [2.24, 2.45) is 0 Å². The van der Waals surface area contributed by atoms with Gasteiger partial charge in [-0.1, -0.05) is 6.07 Å². The van der Waals surface area contributed by atoms with Crippen LogP contribution in [0.4, 0.5) is 0 Å². The summed E-state index contributed by atoms with van der Waals surface area (Å²) in [6, 6.07) is 9.71. The molecule has 0 saturated heterocycles. The zero-order chi connectivity index (χ0) is 22.0. The summed E-state index contributed by atoms with van der Waals surface area (Å²) in [5.74, 6) is 0.0373. The Kier molecular flexibility index (Phi) is 5.77. The lowest BCUT2D eigenvalue weighted by Crippen LogP contribution is -2.18. The summed E-state index contributed by atoms with van der Waals surface area (Å²) < 4.78 is 7.46. The number of ketones is 1. The Morgan fingerprint density at radius 3 is 2.65 bits per heavy atom. The molecule has 9 heteroatoms. The number of rotatable bonds is 7. The van der Waals surface area contributed by atoms with E-state index in [1.807, 2.05) is 32.0 Å². The van der Waals surface area contributed by atoms with E-state index in [2.05, 4.69) is 26.4 Å². The maximum atomic E-state index is 12.5. The van der Waals surface area contributed by atoms with Crippen molar-refractivity contribution in [1.29, 1.82) is 0 Å². The van der Waals surface area contributed by atoms with Crippen molar-refractivity contribution in [2.75, 3.05) is 6.61 Å². The lowest BCUT2D eigenvalue weighted by molar-refractivity contribution is -0.119. The van der Waals surface area contributed by atoms with Crippen LogP contribution in [0.25, 0.3) is 16.7 Å². The number of fused-ring (bicyclic) bond motifs is 1. The Morgan fingerprint density at radius 1 is 1.13 bits per heavy atom. The van der Waals surface area contributed by atoms with Crippen molar-refractivity contribution in [3.63, 3.8) is 0 Å². The van der Waals surface area contributed by atoms with Gasteiger partial charge in [0, 0.05) is 11.8 Å². The summed E-state index contributed by atoms with van der Waals surface area (Å²) in [6.45, 7) is 5.77. The van der Waals surface area contributed by atoms with Crippen LogP contribution in [0.1, 0.15) is 32.6 Å². The highest BCUT2D eigenvalue weighted by Crippen LogP contribution is 2.25. The van der Waals surface area contributed by atoms with Gasteiger partial charge >= 0.3 is 0 Å². The first-order chi connectivity index (χ1) is 14.9. The number of hydrogen-bond acceptors (Lipinski definition) is 7. The molecule has 0 bridgehead atoms. The molecule has 0 fully saturated rings. The Labute approximate surface area is 182 Å². The van der Waals surface area contributed by atoms with Gasteiger partial charge in [-0.05, 0) is 49.2 Å². The number of amides is 1. The number of carbonyl (C=O) groups excluding carboxylic acids is 2. The van der Waals surface area contributed by atoms with Crippen molar-refractivity contribution in [1.82, 2.24) is 25.1 Å². The van der Waals surface area contributed by atoms with Crippen LogP contribution in [-0.4, -0.2) is 38.0 Å². The Balaban J connectivity index is 1.51. The smallest absolute Gasteiger partial charge is 0.228 e. The number of carbonyl (C=O) groups is 2. The molecule has 0 atom stereocenters. The molecule has 3 heterocycles. The van der Waals surface area contributed by atoms with Gasteiger partial charge in [0.1, 0.15) is 11.7 Å². The van der Waals surface area contributed by atoms with Crippen molar-refractivity contribution in [3.8, 4) is 11.6 Å². The summed E-state index contributed by atoms with van der Waals surface area (Å²) in [5, 5.41) is 7.80. The van der Waals surface area contributed by atoms with Crippen LogP contribution in [-0.2, 0) is 11.3 Å². The minimum Gasteiger partial charge on any atom is -0.469 e. The predicted octanol–water partition coefficient (Wildman–Crippen LogP) is 3.39. The van der Waals surface area contributed by atoms with Gasteiger partial charge in [-0.15, -0.1) is 11.3 Å². The molecule has 31 heavy (non-hydrogen) atoms. The Bertz CT molecular complexity index is 1260. The predicted molar refractivity (Wildman–Crippen MR) is 118 cm³/mol. The maximum absolute atomic E-state index is 12.5. The second-order valence-corrected chi connectivity index (χ2v) is 8.37. The number of Topliss-reactive ketones (excluding diaryl/α,β-unsaturated/α-hetero) is 1. The monoisotopic (exact) mass is 435 g/mol. The molecular weight excluding hydrogens is 414 g/mol. The van der Waals surface area contributed by atoms with Gasteiger partial charge in [0.05, 0.1) is 23.3 Å². The molecule has 0 aliphatic heterocycles. The number of nitrogens with zero attached hydrogens (tertiary/aromatic N) is 4. The van der Waals surface area contributed by atoms with Gasteiger partial charge in [-0.3, -0.25) is 9.59 Å². The average Bonchev–Trinajstić information content (AvgIpc) is 3.37. The van der Waals surface area contributed by atoms with E-state index in [-0.39, 0.29) is 18.3 Å². The highest BCUT2D eigenvalue weighted by atomic mass is 32.1. The van der Waals surface area contributed by atoms with Crippen LogP contribution in [0.3, 0.4) is 0 Å². The molecule has 158 valence electrons. The molecular formula is C22H21N5O3S. The second kappa shape index (κ2) is 8.65. The third kappa shape index (κ3) is 4.61. The molecule has 3 aromatic heterocycles. The van der Waals surface area contributed by atoms with Crippen molar-refractivity contribution < 1.29 is 14.3 Å². The Morgan fingerprint density at radius 2 is 1.90 bits per heavy atom. The molecule has 8 nitrogen and oxygen atoms in total. The zero-order valence-electron chi connectivity index (χ0n) is 17.4. The average molecular weight is 436 g/mol. The van der Waals surface area contributed by atoms with Gasteiger partial charge < -0.3 is 10.1 Å². The van der Waals surface area contributed by atoms with E-state index < -0.39 is 0 Å². The van der Waals surface area contributed by atoms with Crippen LogP contribution in [0.5, 0.6) is 5.88 Å². The first-order valence-electron chi connectivity index (χ1n) is 9.67. The highest BCUT2D eigenvalue weighted by molar-refractivity contribution is 7.14. The van der Waals surface area contributed by atoms with Gasteiger partial charge in [0.25, 0.3) is 0 Å². The molecule has 4 aromatic rings. The third-order valence-electron chi connectivity index (χ3n) is 4.57. The Hall–Kier alpha value is -3.59. The molecule has 0 spiro atoms. The number of ether oxygens (including phenoxy) is 1. The fourth-order valence-corrected chi connectivity index (χ4v) is 4.11. The molecule has 0 unspecified atom stereocenters. The molecule has 0 aliphatic carbocycles. The molecule has 1 aromatic carbocycles. The molecule has 1 amide bonds. The third-order valence-corrected chi connectivity index (χ3v) is 5.69. The summed E-state index contributed by atoms with van der Waals surface area (Å²) >= 11 is 1.33. The molecule has 4 rings (SSSR count). The molecule has 0 aliphatic rings. The minimum atomic E-state index is -0.160. The molecule has 1 N–H and O–H groups in total. The summed E-state index contributed by atoms with van der Waals surface area (Å²) in [5.41, 5.74) is 3.77. The maximum Gasteiger partial charge on any atom is 0.228 e. The minimum absolute atomic E-state index is 0.112. The lowest BCUT2D eigenvalue weighted by Gasteiger charge is -2.07. The zero-order valence-corrected chi connectivity index (χ0v) is 18.2.